The third kappa shape index (κ3) is 4.47. The molecular weight excluding hydrogens is 434 g/mol. The van der Waals surface area contributed by atoms with Crippen molar-refractivity contribution in [2.24, 2.45) is 0 Å². The number of thiazole rings is 1. The molecule has 0 fully saturated rings. The molecule has 0 saturated carbocycles. The molecule has 0 aliphatic rings. The molecule has 0 bridgehead atoms. The number of nitrogens with one attached hydrogen (secondary N) is 1. The van der Waals surface area contributed by atoms with Crippen molar-refractivity contribution in [3.63, 3.8) is 0 Å². The molecule has 156 valence electrons. The van der Waals surface area contributed by atoms with E-state index in [1.807, 2.05) is 35.7 Å². The maximum Gasteiger partial charge on any atom is 0.270 e. The van der Waals surface area contributed by atoms with Crippen LogP contribution in [0, 0.1) is 17.0 Å². The number of non-ortho nitro benzene ring substituents is 1. The Morgan fingerprint density at radius 1 is 0.968 bits per heavy atom. The van der Waals surface area contributed by atoms with E-state index in [-0.39, 0.29) is 10.6 Å². The van der Waals surface area contributed by atoms with E-state index >= 15 is 0 Å². The van der Waals surface area contributed by atoms with Gasteiger partial charge in [-0.25, -0.2) is 13.4 Å². The van der Waals surface area contributed by atoms with Gasteiger partial charge in [0.15, 0.2) is 0 Å². The van der Waals surface area contributed by atoms with E-state index in [9.17, 15) is 18.5 Å². The fourth-order valence-corrected chi connectivity index (χ4v) is 5.19. The topological polar surface area (TPSA) is 102 Å². The number of sulfonamides is 1. The van der Waals surface area contributed by atoms with E-state index in [4.69, 9.17) is 0 Å². The Morgan fingerprint density at radius 2 is 1.68 bits per heavy atom. The predicted molar refractivity (Wildman–Crippen MR) is 122 cm³/mol. The molecule has 4 rings (SSSR count). The van der Waals surface area contributed by atoms with Crippen LogP contribution in [0.5, 0.6) is 0 Å². The summed E-state index contributed by atoms with van der Waals surface area (Å²) in [6.07, 6.45) is 0. The quantitative estimate of drug-likeness (QED) is 0.308. The minimum absolute atomic E-state index is 0.127. The van der Waals surface area contributed by atoms with Gasteiger partial charge in [-0.1, -0.05) is 48.5 Å². The Balaban J connectivity index is 1.56. The number of hydrogen-bond acceptors (Lipinski definition) is 6. The first kappa shape index (κ1) is 20.7. The molecule has 0 atom stereocenters. The van der Waals surface area contributed by atoms with Crippen molar-refractivity contribution in [2.75, 3.05) is 4.72 Å². The van der Waals surface area contributed by atoms with Crippen LogP contribution < -0.4 is 4.72 Å². The summed E-state index contributed by atoms with van der Waals surface area (Å²) in [7, 11) is -3.98. The van der Waals surface area contributed by atoms with E-state index < -0.39 is 14.9 Å². The third-order valence-electron chi connectivity index (χ3n) is 4.63. The van der Waals surface area contributed by atoms with Gasteiger partial charge in [0.2, 0.25) is 0 Å². The smallest absolute Gasteiger partial charge is 0.270 e. The summed E-state index contributed by atoms with van der Waals surface area (Å²) in [5.74, 6) is 0. The second-order valence-electron chi connectivity index (χ2n) is 6.79. The Labute approximate surface area is 183 Å². The van der Waals surface area contributed by atoms with Crippen LogP contribution in [0.4, 0.5) is 11.4 Å². The molecule has 7 nitrogen and oxygen atoms in total. The van der Waals surface area contributed by atoms with E-state index in [0.29, 0.717) is 11.3 Å². The molecule has 1 aromatic heterocycles. The Hall–Kier alpha value is -3.56. The van der Waals surface area contributed by atoms with Gasteiger partial charge in [0.1, 0.15) is 5.01 Å². The zero-order valence-corrected chi connectivity index (χ0v) is 18.0. The highest BCUT2D eigenvalue weighted by Crippen LogP contribution is 2.30. The maximum atomic E-state index is 12.8. The van der Waals surface area contributed by atoms with Crippen molar-refractivity contribution < 1.29 is 13.3 Å². The second-order valence-corrected chi connectivity index (χ2v) is 9.30. The number of nitro groups is 1. The maximum absolute atomic E-state index is 12.8. The van der Waals surface area contributed by atoms with Gasteiger partial charge in [0.25, 0.3) is 15.7 Å². The van der Waals surface area contributed by atoms with Gasteiger partial charge in [-0.2, -0.15) is 0 Å². The first-order valence-corrected chi connectivity index (χ1v) is 11.6. The highest BCUT2D eigenvalue weighted by molar-refractivity contribution is 7.92. The average molecular weight is 452 g/mol. The standard InChI is InChI=1S/C22H17N3O4S2/c1-15-7-12-19(25(26)27)13-21(15)31(28,29)24-18-10-8-16(9-11-18)20-14-30-22(23-20)17-5-3-2-4-6-17/h2-14,24H,1H3. The molecule has 31 heavy (non-hydrogen) atoms. The number of benzene rings is 3. The summed E-state index contributed by atoms with van der Waals surface area (Å²) in [4.78, 5) is 14.9. The first-order valence-electron chi connectivity index (χ1n) is 9.23. The lowest BCUT2D eigenvalue weighted by molar-refractivity contribution is -0.385. The van der Waals surface area contributed by atoms with Crippen molar-refractivity contribution >= 4 is 32.7 Å². The number of nitrogens with zero attached hydrogens (tertiary/aromatic N) is 2. The zero-order chi connectivity index (χ0) is 22.0. The molecule has 0 aliphatic carbocycles. The van der Waals surface area contributed by atoms with Crippen molar-refractivity contribution in [3.8, 4) is 21.8 Å². The van der Waals surface area contributed by atoms with Crippen molar-refractivity contribution in [1.82, 2.24) is 4.98 Å². The Kier molecular flexibility index (Phi) is 5.53. The highest BCUT2D eigenvalue weighted by Gasteiger charge is 2.20. The van der Waals surface area contributed by atoms with Crippen LogP contribution in [-0.4, -0.2) is 18.3 Å². The summed E-state index contributed by atoms with van der Waals surface area (Å²) in [6, 6.07) is 20.5. The molecule has 3 aromatic carbocycles. The molecule has 9 heteroatoms. The zero-order valence-electron chi connectivity index (χ0n) is 16.3. The van der Waals surface area contributed by atoms with Crippen LogP contribution in [-0.2, 0) is 10.0 Å². The number of nitro benzene ring substituents is 1. The molecular formula is C22H17N3O4S2. The summed E-state index contributed by atoms with van der Waals surface area (Å²) >= 11 is 1.54. The van der Waals surface area contributed by atoms with Gasteiger partial charge in [-0.05, 0) is 24.6 Å². The molecule has 1 N–H and O–H groups in total. The second kappa shape index (κ2) is 8.29. The fourth-order valence-electron chi connectivity index (χ4n) is 3.03. The van der Waals surface area contributed by atoms with Crippen LogP contribution >= 0.6 is 11.3 Å². The minimum atomic E-state index is -3.98. The van der Waals surface area contributed by atoms with E-state index in [1.54, 1.807) is 31.2 Å². The van der Waals surface area contributed by atoms with Crippen molar-refractivity contribution in [2.45, 2.75) is 11.8 Å². The monoisotopic (exact) mass is 451 g/mol. The van der Waals surface area contributed by atoms with Gasteiger partial charge in [-0.3, -0.25) is 14.8 Å². The molecule has 0 amide bonds. The summed E-state index contributed by atoms with van der Waals surface area (Å²) in [5.41, 5.74) is 3.19. The first-order chi connectivity index (χ1) is 14.8. The van der Waals surface area contributed by atoms with Crippen LogP contribution in [0.1, 0.15) is 5.56 Å². The highest BCUT2D eigenvalue weighted by atomic mass is 32.2. The molecule has 0 aliphatic heterocycles. The summed E-state index contributed by atoms with van der Waals surface area (Å²) < 4.78 is 28.0. The number of anilines is 1. The lowest BCUT2D eigenvalue weighted by Crippen LogP contribution is -2.14. The molecule has 0 radical (unpaired) electrons. The number of aromatic nitrogens is 1. The predicted octanol–water partition coefficient (Wildman–Crippen LogP) is 5.49. The lowest BCUT2D eigenvalue weighted by Gasteiger charge is -2.10. The van der Waals surface area contributed by atoms with Crippen LogP contribution in [0.25, 0.3) is 21.8 Å². The van der Waals surface area contributed by atoms with Gasteiger partial charge in [0, 0.05) is 34.3 Å². The number of aryl methyl sites for hydroxylation is 1. The van der Waals surface area contributed by atoms with Crippen molar-refractivity contribution in [3.05, 3.63) is 93.9 Å². The number of rotatable bonds is 6. The van der Waals surface area contributed by atoms with Crippen LogP contribution in [0.3, 0.4) is 0 Å². The summed E-state index contributed by atoms with van der Waals surface area (Å²) in [5, 5.41) is 13.9. The molecule has 0 unspecified atom stereocenters. The van der Waals surface area contributed by atoms with Crippen LogP contribution in [0.2, 0.25) is 0 Å². The van der Waals surface area contributed by atoms with E-state index in [0.717, 1.165) is 27.9 Å². The van der Waals surface area contributed by atoms with Gasteiger partial charge >= 0.3 is 0 Å². The molecule has 4 aromatic rings. The Bertz CT molecular complexity index is 1350. The lowest BCUT2D eigenvalue weighted by atomic mass is 10.1. The average Bonchev–Trinajstić information content (AvgIpc) is 3.25. The van der Waals surface area contributed by atoms with Crippen molar-refractivity contribution in [1.29, 1.82) is 0 Å². The van der Waals surface area contributed by atoms with Gasteiger partial charge in [0.05, 0.1) is 15.5 Å². The fraction of sp³-hybridized carbons (Fsp3) is 0.0455. The van der Waals surface area contributed by atoms with E-state index in [1.165, 1.54) is 23.5 Å². The molecule has 0 spiro atoms. The van der Waals surface area contributed by atoms with Gasteiger partial charge < -0.3 is 0 Å². The minimum Gasteiger partial charge on any atom is -0.280 e. The van der Waals surface area contributed by atoms with Gasteiger partial charge in [-0.15, -0.1) is 11.3 Å². The Morgan fingerprint density at radius 3 is 2.35 bits per heavy atom. The summed E-state index contributed by atoms with van der Waals surface area (Å²) in [6.45, 7) is 1.59. The van der Waals surface area contributed by atoms with E-state index in [2.05, 4.69) is 9.71 Å². The van der Waals surface area contributed by atoms with Crippen LogP contribution in [0.15, 0.2) is 83.1 Å². The number of hydrogen-bond donors (Lipinski definition) is 1. The normalized spacial score (nSPS) is 11.3. The molecule has 1 heterocycles. The molecule has 0 saturated heterocycles. The third-order valence-corrected chi connectivity index (χ3v) is 7.04. The largest absolute Gasteiger partial charge is 0.280 e. The SMILES string of the molecule is Cc1ccc([N+](=O)[O-])cc1S(=O)(=O)Nc1ccc(-c2csc(-c3ccccc3)n2)cc1.